The number of nitro groups is 1. The van der Waals surface area contributed by atoms with E-state index in [2.05, 4.69) is 22.6 Å². The van der Waals surface area contributed by atoms with Gasteiger partial charge in [-0.25, -0.2) is 0 Å². The molecule has 6 rings (SSSR count). The van der Waals surface area contributed by atoms with Crippen molar-refractivity contribution < 1.29 is 34.6 Å². The molecule has 1 aromatic heterocycles. The molecule has 0 bridgehead atoms. The number of aromatic nitrogens is 2. The summed E-state index contributed by atoms with van der Waals surface area (Å²) in [5.74, 6) is 0.199. The quantitative estimate of drug-likeness (QED) is 0.0505. The molecule has 3 aromatic rings. The van der Waals surface area contributed by atoms with E-state index in [1.54, 1.807) is 54.6 Å². The standard InChI is InChI=1S/C40H48N4O8S/c1-2-20-50-40-37(53-21-15-29-25-41-16-17-42-29)24-35(43-51-26-27-9-11-30(12-10-27)44(48)49)33-22-28(7-3-5-18-45)32(8-4-6-19-46)38(39(33)40)34-23-31(47)13-14-36(34)52-40/h2,9-14,16-17,22-23,25,28,32,37-39,45-47H,1,3-8,15,18-21,24,26H2. The number of aryl methyl sites for hydroxylation is 1. The Hall–Kier alpha value is -4.30. The molecule has 2 aromatic carbocycles. The number of aliphatic hydroxyl groups excluding tert-OH is 2. The van der Waals surface area contributed by atoms with Gasteiger partial charge in [0.1, 0.15) is 18.1 Å². The van der Waals surface area contributed by atoms with Crippen LogP contribution in [0.4, 0.5) is 5.69 Å². The molecule has 1 fully saturated rings. The molecule has 3 N–H and O–H groups in total. The van der Waals surface area contributed by atoms with Crippen molar-refractivity contribution in [1.82, 2.24) is 9.97 Å². The number of benzene rings is 2. The summed E-state index contributed by atoms with van der Waals surface area (Å²) in [7, 11) is 0. The molecule has 6 unspecified atom stereocenters. The number of hydrogen-bond donors (Lipinski definition) is 3. The summed E-state index contributed by atoms with van der Waals surface area (Å²) in [5.41, 5.74) is 4.32. The number of rotatable bonds is 19. The van der Waals surface area contributed by atoms with Crippen molar-refractivity contribution in [2.24, 2.45) is 22.9 Å². The minimum atomic E-state index is -1.12. The number of unbranched alkanes of at least 4 members (excludes halogenated alkanes) is 2. The summed E-state index contributed by atoms with van der Waals surface area (Å²) in [6, 6.07) is 11.5. The van der Waals surface area contributed by atoms with Crippen molar-refractivity contribution in [3.8, 4) is 11.5 Å². The highest BCUT2D eigenvalue weighted by Gasteiger charge is 2.63. The number of oxime groups is 1. The van der Waals surface area contributed by atoms with Crippen molar-refractivity contribution in [2.45, 2.75) is 74.9 Å². The van der Waals surface area contributed by atoms with Crippen molar-refractivity contribution in [2.75, 3.05) is 25.6 Å². The van der Waals surface area contributed by atoms with Crippen LogP contribution in [0.5, 0.6) is 11.5 Å². The molecular weight excluding hydrogens is 697 g/mol. The van der Waals surface area contributed by atoms with E-state index < -0.39 is 10.7 Å². The van der Waals surface area contributed by atoms with E-state index in [0.29, 0.717) is 37.2 Å². The molecule has 1 aliphatic heterocycles. The second-order valence-electron chi connectivity index (χ2n) is 13.8. The van der Waals surface area contributed by atoms with Crippen LogP contribution in [-0.2, 0) is 22.6 Å². The van der Waals surface area contributed by atoms with Gasteiger partial charge >= 0.3 is 0 Å². The van der Waals surface area contributed by atoms with E-state index in [-0.39, 0.29) is 66.8 Å². The van der Waals surface area contributed by atoms with Gasteiger partial charge in [-0.1, -0.05) is 30.1 Å². The number of hydrogen-bond acceptors (Lipinski definition) is 12. The number of allylic oxidation sites excluding steroid dienone is 1. The maximum Gasteiger partial charge on any atom is 0.269 e. The molecule has 2 heterocycles. The van der Waals surface area contributed by atoms with Crippen LogP contribution >= 0.6 is 11.8 Å². The minimum absolute atomic E-state index is 0.00682. The summed E-state index contributed by atoms with van der Waals surface area (Å²) in [4.78, 5) is 25.5. The number of thioether (sulfide) groups is 1. The third-order valence-electron chi connectivity index (χ3n) is 10.5. The summed E-state index contributed by atoms with van der Waals surface area (Å²) in [5, 5.41) is 46.1. The van der Waals surface area contributed by atoms with Crippen molar-refractivity contribution in [1.29, 1.82) is 0 Å². The van der Waals surface area contributed by atoms with Gasteiger partial charge in [-0.05, 0) is 84.7 Å². The Bertz CT molecular complexity index is 1760. The fraction of sp³-hybridized carbons (Fsp3) is 0.475. The van der Waals surface area contributed by atoms with Crippen LogP contribution < -0.4 is 4.74 Å². The fourth-order valence-electron chi connectivity index (χ4n) is 8.15. The van der Waals surface area contributed by atoms with Crippen LogP contribution in [0, 0.1) is 27.9 Å². The van der Waals surface area contributed by atoms with Gasteiger partial charge in [0.15, 0.2) is 0 Å². The first-order valence-electron chi connectivity index (χ1n) is 18.4. The predicted molar refractivity (Wildman–Crippen MR) is 203 cm³/mol. The first kappa shape index (κ1) is 38.4. The van der Waals surface area contributed by atoms with Crippen molar-refractivity contribution >= 4 is 23.2 Å². The zero-order chi connectivity index (χ0) is 37.2. The molecule has 6 atom stereocenters. The monoisotopic (exact) mass is 744 g/mol. The highest BCUT2D eigenvalue weighted by Crippen LogP contribution is 2.62. The summed E-state index contributed by atoms with van der Waals surface area (Å²) in [6.45, 7) is 4.58. The fourth-order valence-corrected chi connectivity index (χ4v) is 9.53. The zero-order valence-electron chi connectivity index (χ0n) is 29.8. The van der Waals surface area contributed by atoms with E-state index in [1.165, 1.54) is 12.1 Å². The van der Waals surface area contributed by atoms with Crippen LogP contribution in [-0.4, -0.2) is 72.5 Å². The molecule has 3 aliphatic rings. The van der Waals surface area contributed by atoms with Crippen LogP contribution in [0.3, 0.4) is 0 Å². The number of phenols is 1. The normalized spacial score (nSPS) is 25.1. The highest BCUT2D eigenvalue weighted by molar-refractivity contribution is 8.00. The van der Waals surface area contributed by atoms with Gasteiger partial charge in [0, 0.05) is 68.3 Å². The lowest BCUT2D eigenvalue weighted by Gasteiger charge is -2.58. The maximum absolute atomic E-state index is 11.2. The molecule has 53 heavy (non-hydrogen) atoms. The Morgan fingerprint density at radius 2 is 1.89 bits per heavy atom. The molecule has 0 radical (unpaired) electrons. The number of phenolic OH excluding ortho intramolecular Hbond substituents is 1. The summed E-state index contributed by atoms with van der Waals surface area (Å²) >= 11 is 1.73. The third kappa shape index (κ3) is 8.75. The third-order valence-corrected chi connectivity index (χ3v) is 11.8. The SMILES string of the molecule is C=CCOC12Oc3ccc(O)cc3C3C(CCCCO)C(CCCCO)C=C(C(=NOCc4ccc([N+](=O)[O-])cc4)CC1SCCc1cnccn1)C32. The molecule has 0 amide bonds. The molecule has 13 heteroatoms. The number of non-ortho nitro benzene ring substituents is 1. The average Bonchev–Trinajstić information content (AvgIpc) is 3.17. The number of aromatic hydroxyl groups is 1. The van der Waals surface area contributed by atoms with Crippen LogP contribution in [0.15, 0.2) is 90.5 Å². The first-order valence-corrected chi connectivity index (χ1v) is 19.4. The van der Waals surface area contributed by atoms with Gasteiger partial charge < -0.3 is 29.6 Å². The number of nitrogens with zero attached hydrogens (tertiary/aromatic N) is 4. The predicted octanol–water partition coefficient (Wildman–Crippen LogP) is 6.90. The molecule has 2 aliphatic carbocycles. The van der Waals surface area contributed by atoms with Gasteiger partial charge in [0.2, 0.25) is 5.79 Å². The molecular formula is C40H48N4O8S. The largest absolute Gasteiger partial charge is 0.508 e. The summed E-state index contributed by atoms with van der Waals surface area (Å²) < 4.78 is 14.0. The Kier molecular flexibility index (Phi) is 13.2. The van der Waals surface area contributed by atoms with Gasteiger partial charge in [-0.2, -0.15) is 11.8 Å². The Labute approximate surface area is 314 Å². The number of aliphatic hydroxyl groups is 2. The Balaban J connectivity index is 1.45. The van der Waals surface area contributed by atoms with E-state index in [0.717, 1.165) is 53.8 Å². The molecule has 12 nitrogen and oxygen atoms in total. The topological polar surface area (TPSA) is 170 Å². The molecule has 0 spiro atoms. The number of fused-ring (bicyclic) bond motifs is 2. The van der Waals surface area contributed by atoms with Crippen molar-refractivity contribution in [3.63, 3.8) is 0 Å². The second-order valence-corrected chi connectivity index (χ2v) is 15.1. The van der Waals surface area contributed by atoms with Crippen LogP contribution in [0.25, 0.3) is 0 Å². The Morgan fingerprint density at radius 3 is 2.60 bits per heavy atom. The second kappa shape index (κ2) is 18.2. The smallest absolute Gasteiger partial charge is 0.269 e. The highest BCUT2D eigenvalue weighted by atomic mass is 32.2. The Morgan fingerprint density at radius 1 is 1.09 bits per heavy atom. The molecule has 282 valence electrons. The lowest BCUT2D eigenvalue weighted by molar-refractivity contribution is -0.384. The number of nitro benzene ring substituents is 1. The first-order chi connectivity index (χ1) is 25.9. The van der Waals surface area contributed by atoms with Crippen molar-refractivity contribution in [3.05, 3.63) is 112 Å². The van der Waals surface area contributed by atoms with Gasteiger partial charge in [0.25, 0.3) is 5.69 Å². The lowest BCUT2D eigenvalue weighted by Crippen LogP contribution is -2.64. The van der Waals surface area contributed by atoms with Crippen LogP contribution in [0.2, 0.25) is 0 Å². The number of ether oxygens (including phenoxy) is 2. The van der Waals surface area contributed by atoms with Gasteiger partial charge in [0.05, 0.1) is 34.1 Å². The van der Waals surface area contributed by atoms with E-state index >= 15 is 0 Å². The molecule has 1 saturated carbocycles. The maximum atomic E-state index is 11.2. The molecule has 0 saturated heterocycles. The van der Waals surface area contributed by atoms with E-state index in [4.69, 9.17) is 19.5 Å². The average molecular weight is 745 g/mol. The van der Waals surface area contributed by atoms with Gasteiger partial charge in [-0.3, -0.25) is 20.1 Å². The zero-order valence-corrected chi connectivity index (χ0v) is 30.6. The lowest BCUT2D eigenvalue weighted by atomic mass is 9.56. The summed E-state index contributed by atoms with van der Waals surface area (Å²) in [6.07, 6.45) is 15.1. The van der Waals surface area contributed by atoms with Gasteiger partial charge in [-0.15, -0.1) is 6.58 Å². The van der Waals surface area contributed by atoms with E-state index in [1.807, 2.05) is 12.1 Å². The minimum Gasteiger partial charge on any atom is -0.508 e. The van der Waals surface area contributed by atoms with E-state index in [9.17, 15) is 25.4 Å². The van der Waals surface area contributed by atoms with Crippen LogP contribution in [0.1, 0.15) is 67.7 Å².